The van der Waals surface area contributed by atoms with Crippen LogP contribution in [0.2, 0.25) is 0 Å². The van der Waals surface area contributed by atoms with Crippen molar-refractivity contribution in [2.24, 2.45) is 5.11 Å². The number of hydrogen-bond donors (Lipinski definition) is 1. The van der Waals surface area contributed by atoms with Gasteiger partial charge >= 0.3 is 0 Å². The SMILES string of the molecule is [N-]=[N+]=NC1COC(C=O)C1O. The smallest absolute Gasteiger partial charge is 0.151 e. The number of nitrogens with zero attached hydrogens (tertiary/aromatic N) is 3. The molecular weight excluding hydrogens is 150 g/mol. The minimum Gasteiger partial charge on any atom is -0.389 e. The van der Waals surface area contributed by atoms with Crippen LogP contribution in [0, 0.1) is 0 Å². The molecule has 0 spiro atoms. The van der Waals surface area contributed by atoms with Crippen molar-refractivity contribution in [3.05, 3.63) is 10.4 Å². The highest BCUT2D eigenvalue weighted by molar-refractivity contribution is 5.58. The first-order valence-corrected chi connectivity index (χ1v) is 3.08. The third kappa shape index (κ3) is 1.48. The molecule has 0 aromatic carbocycles. The molecule has 11 heavy (non-hydrogen) atoms. The predicted molar refractivity (Wildman–Crippen MR) is 34.7 cm³/mol. The fourth-order valence-electron chi connectivity index (χ4n) is 0.914. The van der Waals surface area contributed by atoms with Crippen LogP contribution >= 0.6 is 0 Å². The third-order valence-electron chi connectivity index (χ3n) is 1.52. The van der Waals surface area contributed by atoms with E-state index in [0.29, 0.717) is 6.29 Å². The minimum absolute atomic E-state index is 0.106. The summed E-state index contributed by atoms with van der Waals surface area (Å²) >= 11 is 0. The molecule has 0 saturated carbocycles. The van der Waals surface area contributed by atoms with Gasteiger partial charge in [0.15, 0.2) is 6.29 Å². The van der Waals surface area contributed by atoms with Gasteiger partial charge in [0.25, 0.3) is 0 Å². The molecule has 1 aliphatic rings. The Balaban J connectivity index is 2.61. The first-order chi connectivity index (χ1) is 5.29. The average molecular weight is 157 g/mol. The molecule has 0 bridgehead atoms. The van der Waals surface area contributed by atoms with E-state index >= 15 is 0 Å². The van der Waals surface area contributed by atoms with Gasteiger partial charge in [0.2, 0.25) is 0 Å². The van der Waals surface area contributed by atoms with Crippen LogP contribution in [0.15, 0.2) is 5.11 Å². The normalized spacial score (nSPS) is 36.3. The number of azide groups is 1. The minimum atomic E-state index is -0.997. The van der Waals surface area contributed by atoms with Gasteiger partial charge in [-0.15, -0.1) is 0 Å². The van der Waals surface area contributed by atoms with Gasteiger partial charge in [-0.05, 0) is 5.53 Å². The maximum Gasteiger partial charge on any atom is 0.151 e. The van der Waals surface area contributed by atoms with E-state index in [1.807, 2.05) is 0 Å². The van der Waals surface area contributed by atoms with Gasteiger partial charge in [0.05, 0.1) is 18.8 Å². The standard InChI is InChI=1S/C5H7N3O3/c6-8-7-3-2-11-4(1-9)5(3)10/h1,3-5,10H,2H2. The molecule has 1 heterocycles. The zero-order valence-electron chi connectivity index (χ0n) is 5.62. The second-order valence-corrected chi connectivity index (χ2v) is 2.20. The molecule has 0 aromatic rings. The van der Waals surface area contributed by atoms with Gasteiger partial charge in [-0.2, -0.15) is 0 Å². The molecule has 3 unspecified atom stereocenters. The Morgan fingerprint density at radius 1 is 1.82 bits per heavy atom. The van der Waals surface area contributed by atoms with Gasteiger partial charge in [-0.25, -0.2) is 0 Å². The van der Waals surface area contributed by atoms with E-state index in [9.17, 15) is 4.79 Å². The van der Waals surface area contributed by atoms with Crippen LogP contribution < -0.4 is 0 Å². The summed E-state index contributed by atoms with van der Waals surface area (Å²) in [7, 11) is 0. The van der Waals surface area contributed by atoms with Crippen molar-refractivity contribution in [3.63, 3.8) is 0 Å². The second kappa shape index (κ2) is 3.34. The lowest BCUT2D eigenvalue weighted by Gasteiger charge is -2.06. The fraction of sp³-hybridized carbons (Fsp3) is 0.800. The average Bonchev–Trinajstić information content (AvgIpc) is 2.34. The highest BCUT2D eigenvalue weighted by Gasteiger charge is 2.34. The van der Waals surface area contributed by atoms with Crippen molar-refractivity contribution in [1.82, 2.24) is 0 Å². The largest absolute Gasteiger partial charge is 0.389 e. The van der Waals surface area contributed by atoms with Gasteiger partial charge < -0.3 is 14.6 Å². The number of rotatable bonds is 2. The van der Waals surface area contributed by atoms with Crippen LogP contribution in [-0.4, -0.2) is 36.2 Å². The highest BCUT2D eigenvalue weighted by atomic mass is 16.5. The van der Waals surface area contributed by atoms with Crippen molar-refractivity contribution in [2.45, 2.75) is 18.2 Å². The molecule has 6 heteroatoms. The zero-order valence-corrected chi connectivity index (χ0v) is 5.62. The highest BCUT2D eigenvalue weighted by Crippen LogP contribution is 2.15. The number of carbonyl (C=O) groups is 1. The van der Waals surface area contributed by atoms with E-state index in [1.54, 1.807) is 0 Å². The molecule has 1 aliphatic heterocycles. The molecule has 1 N–H and O–H groups in total. The van der Waals surface area contributed by atoms with Gasteiger partial charge in [-0.3, -0.25) is 0 Å². The lowest BCUT2D eigenvalue weighted by molar-refractivity contribution is -0.118. The molecule has 0 radical (unpaired) electrons. The summed E-state index contributed by atoms with van der Waals surface area (Å²) in [4.78, 5) is 12.7. The number of aldehydes is 1. The summed E-state index contributed by atoms with van der Waals surface area (Å²) in [6, 6.07) is -0.629. The van der Waals surface area contributed by atoms with Gasteiger partial charge in [-0.1, -0.05) is 5.11 Å². The summed E-state index contributed by atoms with van der Waals surface area (Å²) < 4.78 is 4.80. The quantitative estimate of drug-likeness (QED) is 0.256. The second-order valence-electron chi connectivity index (χ2n) is 2.20. The topological polar surface area (TPSA) is 95.3 Å². The summed E-state index contributed by atoms with van der Waals surface area (Å²) in [5, 5.41) is 12.4. The third-order valence-corrected chi connectivity index (χ3v) is 1.52. The van der Waals surface area contributed by atoms with E-state index < -0.39 is 18.2 Å². The zero-order chi connectivity index (χ0) is 8.27. The number of aliphatic hydroxyl groups excluding tert-OH is 1. The van der Waals surface area contributed by atoms with E-state index in [2.05, 4.69) is 10.0 Å². The Kier molecular flexibility index (Phi) is 2.43. The fourth-order valence-corrected chi connectivity index (χ4v) is 0.914. The summed E-state index contributed by atoms with van der Waals surface area (Å²) in [5.74, 6) is 0. The summed E-state index contributed by atoms with van der Waals surface area (Å²) in [6.07, 6.45) is -1.34. The summed E-state index contributed by atoms with van der Waals surface area (Å²) in [6.45, 7) is 0.106. The molecule has 60 valence electrons. The van der Waals surface area contributed by atoms with E-state index in [0.717, 1.165) is 0 Å². The molecular formula is C5H7N3O3. The van der Waals surface area contributed by atoms with E-state index in [4.69, 9.17) is 15.4 Å². The van der Waals surface area contributed by atoms with Gasteiger partial charge in [0, 0.05) is 4.91 Å². The van der Waals surface area contributed by atoms with E-state index in [-0.39, 0.29) is 6.61 Å². The maximum absolute atomic E-state index is 10.1. The first-order valence-electron chi connectivity index (χ1n) is 3.08. The first kappa shape index (κ1) is 8.00. The number of ether oxygens (including phenoxy) is 1. The summed E-state index contributed by atoms with van der Waals surface area (Å²) in [5.41, 5.74) is 8.01. The molecule has 0 amide bonds. The molecule has 1 rings (SSSR count). The molecule has 1 fully saturated rings. The van der Waals surface area contributed by atoms with Crippen LogP contribution in [0.5, 0.6) is 0 Å². The lowest BCUT2D eigenvalue weighted by atomic mass is 10.1. The van der Waals surface area contributed by atoms with Gasteiger partial charge in [0.1, 0.15) is 6.10 Å². The predicted octanol–water partition coefficient (Wildman–Crippen LogP) is -0.376. The molecule has 6 nitrogen and oxygen atoms in total. The Bertz CT molecular complexity index is 201. The van der Waals surface area contributed by atoms with Crippen LogP contribution in [0.1, 0.15) is 0 Å². The Hall–Kier alpha value is -1.10. The Morgan fingerprint density at radius 2 is 2.55 bits per heavy atom. The molecule has 0 aliphatic carbocycles. The van der Waals surface area contributed by atoms with Crippen molar-refractivity contribution < 1.29 is 14.6 Å². The molecule has 0 aromatic heterocycles. The van der Waals surface area contributed by atoms with Crippen molar-refractivity contribution in [2.75, 3.05) is 6.61 Å². The van der Waals surface area contributed by atoms with Crippen LogP contribution in [0.4, 0.5) is 0 Å². The Labute approximate surface area is 62.4 Å². The van der Waals surface area contributed by atoms with Crippen molar-refractivity contribution in [1.29, 1.82) is 0 Å². The molecule has 1 saturated heterocycles. The van der Waals surface area contributed by atoms with Crippen LogP contribution in [0.3, 0.4) is 0 Å². The number of aliphatic hydroxyl groups is 1. The van der Waals surface area contributed by atoms with Crippen LogP contribution in [0.25, 0.3) is 10.4 Å². The number of hydrogen-bond acceptors (Lipinski definition) is 4. The lowest BCUT2D eigenvalue weighted by Crippen LogP contribution is -2.29. The number of carbonyl (C=O) groups excluding carboxylic acids is 1. The van der Waals surface area contributed by atoms with Crippen molar-refractivity contribution >= 4 is 6.29 Å². The van der Waals surface area contributed by atoms with E-state index in [1.165, 1.54) is 0 Å². The Morgan fingerprint density at radius 3 is 3.00 bits per heavy atom. The van der Waals surface area contributed by atoms with Crippen molar-refractivity contribution in [3.8, 4) is 0 Å². The monoisotopic (exact) mass is 157 g/mol. The maximum atomic E-state index is 10.1. The van der Waals surface area contributed by atoms with Crippen LogP contribution in [-0.2, 0) is 9.53 Å². The molecule has 3 atom stereocenters.